The lowest BCUT2D eigenvalue weighted by atomic mass is 9.81. The van der Waals surface area contributed by atoms with Crippen LogP contribution in [0.15, 0.2) is 118 Å². The molecule has 1 aliphatic carbocycles. The molecular formula is C48H46Cl2N4O4. The third-order valence-electron chi connectivity index (χ3n) is 10.5. The number of halogens is 2. The van der Waals surface area contributed by atoms with E-state index < -0.39 is 0 Å². The molecule has 0 heterocycles. The van der Waals surface area contributed by atoms with Crippen molar-refractivity contribution >= 4 is 46.0 Å². The maximum atomic E-state index is 12.0. The first-order valence-electron chi connectivity index (χ1n) is 19.2. The van der Waals surface area contributed by atoms with Gasteiger partial charge in [0.15, 0.2) is 0 Å². The second-order valence-corrected chi connectivity index (χ2v) is 17.9. The number of hydrogen-bond donors (Lipinski definition) is 4. The largest absolute Gasteiger partial charge is 0.507 e. The monoisotopic (exact) mass is 812 g/mol. The van der Waals surface area contributed by atoms with Crippen molar-refractivity contribution in [3.8, 4) is 23.0 Å². The van der Waals surface area contributed by atoms with Gasteiger partial charge in [0.2, 0.25) is 0 Å². The van der Waals surface area contributed by atoms with E-state index >= 15 is 0 Å². The predicted octanol–water partition coefficient (Wildman–Crippen LogP) is 13.9. The summed E-state index contributed by atoms with van der Waals surface area (Å²) in [7, 11) is 0. The average Bonchev–Trinajstić information content (AvgIpc) is 3.16. The SMILES string of the molecule is CC(C)(C)c1cc2c(O)c(c1)Cc1cc(N=Nc3ccc(Cl)cc3)cc(c1O)Cc1cc(C(C)(C)C)cc(c1O)Cc1cc(N=Nc3ccc(Cl)cc3)cc(c1O)C2. The highest BCUT2D eigenvalue weighted by Crippen LogP contribution is 2.43. The Balaban J connectivity index is 1.46. The van der Waals surface area contributed by atoms with Crippen molar-refractivity contribution in [2.45, 2.75) is 78.1 Å². The van der Waals surface area contributed by atoms with Crippen molar-refractivity contribution in [2.75, 3.05) is 0 Å². The molecule has 6 aromatic carbocycles. The molecule has 0 saturated heterocycles. The van der Waals surface area contributed by atoms with Gasteiger partial charge in [-0.05, 0) is 117 Å². The minimum absolute atomic E-state index is 0.0420. The molecule has 4 N–H and O–H groups in total. The summed E-state index contributed by atoms with van der Waals surface area (Å²) in [6.45, 7) is 12.6. The fourth-order valence-corrected chi connectivity index (χ4v) is 7.38. The first-order chi connectivity index (χ1) is 27.4. The molecule has 58 heavy (non-hydrogen) atoms. The van der Waals surface area contributed by atoms with Crippen molar-refractivity contribution in [1.29, 1.82) is 0 Å². The van der Waals surface area contributed by atoms with Gasteiger partial charge < -0.3 is 20.4 Å². The highest BCUT2D eigenvalue weighted by atomic mass is 35.5. The van der Waals surface area contributed by atoms with Gasteiger partial charge in [0.25, 0.3) is 0 Å². The molecule has 8 bridgehead atoms. The highest BCUT2D eigenvalue weighted by Gasteiger charge is 2.25. The van der Waals surface area contributed by atoms with E-state index in [0.717, 1.165) is 11.1 Å². The van der Waals surface area contributed by atoms with E-state index in [2.05, 4.69) is 62.0 Å². The van der Waals surface area contributed by atoms with E-state index in [0.29, 0.717) is 77.3 Å². The van der Waals surface area contributed by atoms with Crippen LogP contribution in [-0.2, 0) is 36.5 Å². The molecule has 0 aliphatic heterocycles. The van der Waals surface area contributed by atoms with E-state index in [9.17, 15) is 20.4 Å². The Labute approximate surface area is 349 Å². The topological polar surface area (TPSA) is 130 Å². The van der Waals surface area contributed by atoms with E-state index in [1.165, 1.54) is 0 Å². The molecule has 296 valence electrons. The molecule has 0 atom stereocenters. The summed E-state index contributed by atoms with van der Waals surface area (Å²) in [5.74, 6) is 0.197. The van der Waals surface area contributed by atoms with Crippen molar-refractivity contribution in [3.05, 3.63) is 163 Å². The van der Waals surface area contributed by atoms with Crippen LogP contribution in [0.5, 0.6) is 23.0 Å². The zero-order valence-electron chi connectivity index (χ0n) is 33.4. The molecule has 7 rings (SSSR count). The van der Waals surface area contributed by atoms with E-state index in [4.69, 9.17) is 23.2 Å². The Bertz CT molecular complexity index is 2310. The summed E-state index contributed by atoms with van der Waals surface area (Å²) in [6.07, 6.45) is 0.658. The number of azo groups is 2. The number of benzene rings is 6. The van der Waals surface area contributed by atoms with Crippen LogP contribution < -0.4 is 0 Å². The van der Waals surface area contributed by atoms with Gasteiger partial charge in [0.05, 0.1) is 22.7 Å². The van der Waals surface area contributed by atoms with Crippen molar-refractivity contribution < 1.29 is 20.4 Å². The van der Waals surface area contributed by atoms with Gasteiger partial charge in [0, 0.05) is 58.0 Å². The van der Waals surface area contributed by atoms with E-state index in [1.807, 2.05) is 24.3 Å². The zero-order chi connectivity index (χ0) is 41.5. The first-order valence-corrected chi connectivity index (χ1v) is 19.9. The molecule has 0 aromatic heterocycles. The summed E-state index contributed by atoms with van der Waals surface area (Å²) < 4.78 is 0. The number of phenolic OH excluding ortho intramolecular Hbond substituents is 4. The van der Waals surface area contributed by atoms with E-state index in [1.54, 1.807) is 72.8 Å². The van der Waals surface area contributed by atoms with Crippen molar-refractivity contribution in [1.82, 2.24) is 0 Å². The average molecular weight is 814 g/mol. The van der Waals surface area contributed by atoms with Crippen LogP contribution in [-0.4, -0.2) is 20.4 Å². The lowest BCUT2D eigenvalue weighted by Crippen LogP contribution is -2.13. The van der Waals surface area contributed by atoms with Gasteiger partial charge in [0.1, 0.15) is 23.0 Å². The summed E-state index contributed by atoms with van der Waals surface area (Å²) in [5.41, 5.74) is 8.08. The van der Waals surface area contributed by atoms with Crippen LogP contribution in [0.2, 0.25) is 10.0 Å². The molecule has 10 heteroatoms. The number of phenols is 4. The second-order valence-electron chi connectivity index (χ2n) is 17.1. The molecule has 0 saturated carbocycles. The molecule has 0 fully saturated rings. The third-order valence-corrected chi connectivity index (χ3v) is 11.0. The Morgan fingerprint density at radius 1 is 0.362 bits per heavy atom. The molecule has 6 aromatic rings. The highest BCUT2D eigenvalue weighted by molar-refractivity contribution is 6.30. The smallest absolute Gasteiger partial charge is 0.122 e. The third kappa shape index (κ3) is 9.04. The number of hydrogen-bond acceptors (Lipinski definition) is 8. The zero-order valence-corrected chi connectivity index (χ0v) is 34.9. The summed E-state index contributed by atoms with van der Waals surface area (Å²) in [5, 5.41) is 67.3. The Morgan fingerprint density at radius 2 is 0.586 bits per heavy atom. The summed E-state index contributed by atoms with van der Waals surface area (Å²) in [6, 6.07) is 29.0. The molecular weight excluding hydrogens is 767 g/mol. The number of fused-ring (bicyclic) bond motifs is 8. The fourth-order valence-electron chi connectivity index (χ4n) is 7.13. The Morgan fingerprint density at radius 3 is 0.828 bits per heavy atom. The number of nitrogens with zero attached hydrogens (tertiary/aromatic N) is 4. The Hall–Kier alpha value is -5.70. The van der Waals surface area contributed by atoms with Crippen LogP contribution in [0.1, 0.15) is 97.2 Å². The molecule has 0 unspecified atom stereocenters. The van der Waals surface area contributed by atoms with Crippen LogP contribution in [0.25, 0.3) is 0 Å². The maximum Gasteiger partial charge on any atom is 0.122 e. The van der Waals surface area contributed by atoms with Crippen LogP contribution in [0, 0.1) is 0 Å². The van der Waals surface area contributed by atoms with Gasteiger partial charge in [-0.15, -0.1) is 0 Å². The van der Waals surface area contributed by atoms with Gasteiger partial charge in [-0.3, -0.25) is 0 Å². The van der Waals surface area contributed by atoms with E-state index in [-0.39, 0.29) is 59.5 Å². The van der Waals surface area contributed by atoms with Crippen LogP contribution >= 0.6 is 23.2 Å². The first kappa shape index (κ1) is 40.5. The molecule has 0 spiro atoms. The molecule has 8 nitrogen and oxygen atoms in total. The standard InChI is InChI=1S/C48H46Cl2N4O4/c1-47(2,3)35-19-27-15-31-23-41(53-51-39-11-7-37(49)8-12-39)25-33(45(31)57)17-29-21-36(48(4,5)6)22-30(44(29)56)18-34-26-42(54-52-40-13-9-38(50)10-14-40)24-32(46(34)58)16-28(20-35)43(27)55/h7-14,19-26,55-58H,15-18H2,1-6H3. The normalized spacial score (nSPS) is 13.4. The summed E-state index contributed by atoms with van der Waals surface area (Å²) in [4.78, 5) is 0. The molecule has 1 aliphatic rings. The number of aromatic hydroxyl groups is 4. The molecule has 0 radical (unpaired) electrons. The van der Waals surface area contributed by atoms with Crippen molar-refractivity contribution in [2.24, 2.45) is 20.5 Å². The van der Waals surface area contributed by atoms with Gasteiger partial charge in [-0.1, -0.05) is 89.0 Å². The summed E-state index contributed by atoms with van der Waals surface area (Å²) >= 11 is 12.2. The fraction of sp³-hybridized carbons (Fsp3) is 0.250. The minimum atomic E-state index is -0.299. The number of rotatable bonds is 4. The van der Waals surface area contributed by atoms with Crippen LogP contribution in [0.3, 0.4) is 0 Å². The van der Waals surface area contributed by atoms with Crippen LogP contribution in [0.4, 0.5) is 22.7 Å². The Kier molecular flexibility index (Phi) is 11.1. The van der Waals surface area contributed by atoms with Gasteiger partial charge >= 0.3 is 0 Å². The predicted molar refractivity (Wildman–Crippen MR) is 232 cm³/mol. The minimum Gasteiger partial charge on any atom is -0.507 e. The van der Waals surface area contributed by atoms with Crippen molar-refractivity contribution in [3.63, 3.8) is 0 Å². The van der Waals surface area contributed by atoms with Gasteiger partial charge in [-0.25, -0.2) is 0 Å². The molecule has 0 amide bonds. The van der Waals surface area contributed by atoms with Gasteiger partial charge in [-0.2, -0.15) is 20.5 Å². The maximum absolute atomic E-state index is 12.0. The lowest BCUT2D eigenvalue weighted by molar-refractivity contribution is 0.449. The second kappa shape index (κ2) is 15.9. The lowest BCUT2D eigenvalue weighted by Gasteiger charge is -2.24. The quantitative estimate of drug-likeness (QED) is 0.132.